The summed E-state index contributed by atoms with van der Waals surface area (Å²) in [5, 5.41) is 3.95. The highest BCUT2D eigenvalue weighted by molar-refractivity contribution is 5.24. The van der Waals surface area contributed by atoms with Crippen molar-refractivity contribution in [1.82, 2.24) is 5.16 Å². The highest BCUT2D eigenvalue weighted by atomic mass is 16.5. The zero-order valence-electron chi connectivity index (χ0n) is 6.88. The Balaban J connectivity index is 2.32. The summed E-state index contributed by atoms with van der Waals surface area (Å²) >= 11 is 0. The Morgan fingerprint density at radius 3 is 3.00 bits per heavy atom. The van der Waals surface area contributed by atoms with E-state index in [-0.39, 0.29) is 0 Å². The number of ether oxygens (including phenoxy) is 1. The molecule has 0 aromatic carbocycles. The molecule has 0 saturated heterocycles. The monoisotopic (exact) mass is 168 g/mol. The van der Waals surface area contributed by atoms with Crippen molar-refractivity contribution in [3.05, 3.63) is 17.0 Å². The normalized spacial score (nSPS) is 17.1. The minimum Gasteiger partial charge on any atom is -0.381 e. The van der Waals surface area contributed by atoms with Crippen molar-refractivity contribution in [2.45, 2.75) is 19.4 Å². The Morgan fingerprint density at radius 1 is 1.33 bits per heavy atom. The van der Waals surface area contributed by atoms with E-state index in [1.54, 1.807) is 0 Å². The third kappa shape index (κ3) is 1.23. The second-order valence-electron chi connectivity index (χ2n) is 2.85. The van der Waals surface area contributed by atoms with Gasteiger partial charge in [-0.2, -0.15) is 0 Å². The van der Waals surface area contributed by atoms with Gasteiger partial charge < -0.3 is 15.0 Å². The number of nitrogens with zero attached hydrogens (tertiary/aromatic N) is 1. The van der Waals surface area contributed by atoms with Gasteiger partial charge in [0.2, 0.25) is 0 Å². The summed E-state index contributed by atoms with van der Waals surface area (Å²) in [6.45, 7) is 1.92. The molecule has 1 aliphatic heterocycles. The van der Waals surface area contributed by atoms with Crippen LogP contribution >= 0.6 is 0 Å². The SMILES string of the molecule is NCc1onc2c1CCOCC2. The van der Waals surface area contributed by atoms with E-state index in [1.807, 2.05) is 0 Å². The molecule has 0 atom stereocenters. The summed E-state index contributed by atoms with van der Waals surface area (Å²) in [6.07, 6.45) is 1.73. The van der Waals surface area contributed by atoms with E-state index in [2.05, 4.69) is 5.16 Å². The van der Waals surface area contributed by atoms with Crippen LogP contribution in [0.2, 0.25) is 0 Å². The molecule has 0 radical (unpaired) electrons. The van der Waals surface area contributed by atoms with E-state index in [9.17, 15) is 0 Å². The number of rotatable bonds is 1. The molecule has 4 nitrogen and oxygen atoms in total. The first-order valence-electron chi connectivity index (χ1n) is 4.16. The Kier molecular flexibility index (Phi) is 2.10. The maximum atomic E-state index is 5.49. The molecule has 66 valence electrons. The summed E-state index contributed by atoms with van der Waals surface area (Å²) in [5.74, 6) is 0.815. The van der Waals surface area contributed by atoms with Gasteiger partial charge in [-0.25, -0.2) is 0 Å². The number of fused-ring (bicyclic) bond motifs is 1. The average molecular weight is 168 g/mol. The van der Waals surface area contributed by atoms with Gasteiger partial charge in [-0.05, 0) is 0 Å². The fourth-order valence-corrected chi connectivity index (χ4v) is 1.47. The van der Waals surface area contributed by atoms with Gasteiger partial charge in [0, 0.05) is 18.4 Å². The Labute approximate surface area is 70.7 Å². The van der Waals surface area contributed by atoms with Crippen LogP contribution in [0.25, 0.3) is 0 Å². The van der Waals surface area contributed by atoms with Crippen molar-refractivity contribution >= 4 is 0 Å². The molecule has 0 spiro atoms. The van der Waals surface area contributed by atoms with Gasteiger partial charge in [0.05, 0.1) is 25.5 Å². The lowest BCUT2D eigenvalue weighted by Crippen LogP contribution is -2.01. The van der Waals surface area contributed by atoms with Crippen LogP contribution in [0.4, 0.5) is 0 Å². The van der Waals surface area contributed by atoms with Crippen molar-refractivity contribution in [1.29, 1.82) is 0 Å². The fraction of sp³-hybridized carbons (Fsp3) is 0.625. The topological polar surface area (TPSA) is 61.3 Å². The third-order valence-electron chi connectivity index (χ3n) is 2.12. The molecule has 2 heterocycles. The van der Waals surface area contributed by atoms with Crippen molar-refractivity contribution in [3.63, 3.8) is 0 Å². The first-order chi connectivity index (χ1) is 5.92. The molecule has 1 aliphatic rings. The predicted octanol–water partition coefficient (Wildman–Crippen LogP) is 0.248. The van der Waals surface area contributed by atoms with Crippen LogP contribution in [-0.4, -0.2) is 18.4 Å². The molecular formula is C8H12N2O2. The molecule has 0 saturated carbocycles. The second-order valence-corrected chi connectivity index (χ2v) is 2.85. The highest BCUT2D eigenvalue weighted by Crippen LogP contribution is 2.17. The zero-order chi connectivity index (χ0) is 8.39. The van der Waals surface area contributed by atoms with Crippen LogP contribution in [0.5, 0.6) is 0 Å². The van der Waals surface area contributed by atoms with E-state index >= 15 is 0 Å². The van der Waals surface area contributed by atoms with Crippen LogP contribution in [-0.2, 0) is 24.1 Å². The van der Waals surface area contributed by atoms with Gasteiger partial charge in [-0.1, -0.05) is 5.16 Å². The number of aromatic nitrogens is 1. The van der Waals surface area contributed by atoms with E-state index in [0.29, 0.717) is 6.54 Å². The predicted molar refractivity (Wildman–Crippen MR) is 42.6 cm³/mol. The lowest BCUT2D eigenvalue weighted by atomic mass is 10.1. The second kappa shape index (κ2) is 3.25. The molecule has 0 fully saturated rings. The summed E-state index contributed by atoms with van der Waals surface area (Å²) in [7, 11) is 0. The number of nitrogens with two attached hydrogens (primary N) is 1. The standard InChI is InChI=1S/C8H12N2O2/c9-5-8-6-1-3-11-4-2-7(6)10-12-8/h1-5,9H2. The molecule has 2 rings (SSSR count). The summed E-state index contributed by atoms with van der Waals surface area (Å²) in [6, 6.07) is 0. The molecule has 4 heteroatoms. The highest BCUT2D eigenvalue weighted by Gasteiger charge is 2.16. The third-order valence-corrected chi connectivity index (χ3v) is 2.12. The lowest BCUT2D eigenvalue weighted by Gasteiger charge is -1.96. The van der Waals surface area contributed by atoms with Crippen molar-refractivity contribution in [3.8, 4) is 0 Å². The van der Waals surface area contributed by atoms with Crippen LogP contribution < -0.4 is 5.73 Å². The van der Waals surface area contributed by atoms with Gasteiger partial charge >= 0.3 is 0 Å². The molecule has 0 aliphatic carbocycles. The molecular weight excluding hydrogens is 156 g/mol. The minimum atomic E-state index is 0.433. The quantitative estimate of drug-likeness (QED) is 0.653. The fourth-order valence-electron chi connectivity index (χ4n) is 1.47. The largest absolute Gasteiger partial charge is 0.381 e. The van der Waals surface area contributed by atoms with Gasteiger partial charge in [-0.3, -0.25) is 0 Å². The average Bonchev–Trinajstić information content (AvgIpc) is 2.33. The molecule has 0 bridgehead atoms. The smallest absolute Gasteiger partial charge is 0.153 e. The Morgan fingerprint density at radius 2 is 2.17 bits per heavy atom. The molecule has 1 aromatic heterocycles. The summed E-state index contributed by atoms with van der Waals surface area (Å²) in [4.78, 5) is 0. The minimum absolute atomic E-state index is 0.433. The number of hydrogen-bond acceptors (Lipinski definition) is 4. The first-order valence-corrected chi connectivity index (χ1v) is 4.16. The van der Waals surface area contributed by atoms with Crippen LogP contribution in [0.15, 0.2) is 4.52 Å². The van der Waals surface area contributed by atoms with Crippen LogP contribution in [0.1, 0.15) is 17.0 Å². The van der Waals surface area contributed by atoms with Crippen molar-refractivity contribution in [2.24, 2.45) is 5.73 Å². The van der Waals surface area contributed by atoms with E-state index in [4.69, 9.17) is 15.0 Å². The Bertz CT molecular complexity index is 270. The molecule has 2 N–H and O–H groups in total. The van der Waals surface area contributed by atoms with Crippen LogP contribution in [0, 0.1) is 0 Å². The lowest BCUT2D eigenvalue weighted by molar-refractivity contribution is 0.144. The Hall–Kier alpha value is -0.870. The van der Waals surface area contributed by atoms with Gasteiger partial charge in [0.15, 0.2) is 5.76 Å². The van der Waals surface area contributed by atoms with Gasteiger partial charge in [0.1, 0.15) is 0 Å². The van der Waals surface area contributed by atoms with Crippen LogP contribution in [0.3, 0.4) is 0 Å². The zero-order valence-corrected chi connectivity index (χ0v) is 6.88. The van der Waals surface area contributed by atoms with E-state index in [0.717, 1.165) is 43.1 Å². The van der Waals surface area contributed by atoms with Crippen molar-refractivity contribution < 1.29 is 9.26 Å². The van der Waals surface area contributed by atoms with Crippen molar-refractivity contribution in [2.75, 3.05) is 13.2 Å². The molecule has 0 unspecified atom stereocenters. The summed E-state index contributed by atoms with van der Waals surface area (Å²) < 4.78 is 10.4. The molecule has 12 heavy (non-hydrogen) atoms. The number of hydrogen-bond donors (Lipinski definition) is 1. The maximum absolute atomic E-state index is 5.49. The van der Waals surface area contributed by atoms with Gasteiger partial charge in [0.25, 0.3) is 0 Å². The molecule has 0 amide bonds. The molecule has 1 aromatic rings. The maximum Gasteiger partial charge on any atom is 0.153 e. The summed E-state index contributed by atoms with van der Waals surface area (Å²) in [5.41, 5.74) is 7.68. The first kappa shape index (κ1) is 7.76. The van der Waals surface area contributed by atoms with E-state index < -0.39 is 0 Å². The van der Waals surface area contributed by atoms with Gasteiger partial charge in [-0.15, -0.1) is 0 Å². The van der Waals surface area contributed by atoms with E-state index in [1.165, 1.54) is 0 Å².